The summed E-state index contributed by atoms with van der Waals surface area (Å²) in [5, 5.41) is 10.7. The van der Waals surface area contributed by atoms with Gasteiger partial charge in [-0.25, -0.2) is 0 Å². The van der Waals surface area contributed by atoms with Crippen molar-refractivity contribution in [3.8, 4) is 5.75 Å². The Bertz CT molecular complexity index is 605. The Kier molecular flexibility index (Phi) is 5.80. The number of carbonyl (C=O) groups is 2. The monoisotopic (exact) mass is 335 g/mol. The average molecular weight is 335 g/mol. The number of nitrogens with two attached hydrogens (primary N) is 1. The first-order valence-electron chi connectivity index (χ1n) is 7.97. The fourth-order valence-electron chi connectivity index (χ4n) is 3.06. The number of carbonyl (C=O) groups excluding carboxylic acids is 2. The van der Waals surface area contributed by atoms with Crippen LogP contribution >= 0.6 is 0 Å². The van der Waals surface area contributed by atoms with E-state index in [4.69, 9.17) is 10.5 Å². The van der Waals surface area contributed by atoms with Gasteiger partial charge in [0.25, 0.3) is 11.8 Å². The van der Waals surface area contributed by atoms with Crippen LogP contribution in [0.15, 0.2) is 24.3 Å². The Morgan fingerprint density at radius 1 is 1.42 bits per heavy atom. The van der Waals surface area contributed by atoms with Gasteiger partial charge in [-0.1, -0.05) is 6.07 Å². The van der Waals surface area contributed by atoms with E-state index in [9.17, 15) is 14.7 Å². The fraction of sp³-hybridized carbons (Fsp3) is 0.529. The molecule has 1 aliphatic heterocycles. The molecule has 1 fully saturated rings. The van der Waals surface area contributed by atoms with Crippen LogP contribution < -0.4 is 10.5 Å². The van der Waals surface area contributed by atoms with E-state index in [0.29, 0.717) is 37.4 Å². The molecular weight excluding hydrogens is 310 g/mol. The second kappa shape index (κ2) is 7.63. The number of ether oxygens (including phenoxy) is 1. The van der Waals surface area contributed by atoms with Crippen LogP contribution in [0.3, 0.4) is 0 Å². The highest BCUT2D eigenvalue weighted by atomic mass is 16.5. The number of primary amides is 1. The number of aliphatic hydroxyl groups is 1. The number of likely N-dealkylation sites (N-methyl/N-ethyl adjacent to an activating group) is 1. The Morgan fingerprint density at radius 3 is 2.83 bits per heavy atom. The van der Waals surface area contributed by atoms with Crippen molar-refractivity contribution in [3.05, 3.63) is 29.8 Å². The van der Waals surface area contributed by atoms with Crippen LogP contribution in [0.4, 0.5) is 0 Å². The van der Waals surface area contributed by atoms with E-state index in [-0.39, 0.29) is 12.5 Å². The van der Waals surface area contributed by atoms with Crippen molar-refractivity contribution in [2.75, 3.05) is 40.3 Å². The van der Waals surface area contributed by atoms with E-state index in [1.54, 1.807) is 29.2 Å². The highest BCUT2D eigenvalue weighted by molar-refractivity contribution is 5.94. The SMILES string of the molecule is CN(C)CC1(O)CCCN(C(=O)c2cccc(OCC(N)=O)c2)C1. The van der Waals surface area contributed by atoms with Crippen LogP contribution in [0.5, 0.6) is 5.75 Å². The molecule has 0 spiro atoms. The van der Waals surface area contributed by atoms with Gasteiger partial charge in [-0.2, -0.15) is 0 Å². The number of rotatable bonds is 6. The minimum absolute atomic E-state index is 0.156. The summed E-state index contributed by atoms with van der Waals surface area (Å²) in [7, 11) is 3.80. The van der Waals surface area contributed by atoms with E-state index in [0.717, 1.165) is 6.42 Å². The molecule has 0 radical (unpaired) electrons. The van der Waals surface area contributed by atoms with Crippen LogP contribution in [0, 0.1) is 0 Å². The Labute approximate surface area is 142 Å². The van der Waals surface area contributed by atoms with Gasteiger partial charge in [0.05, 0.1) is 12.1 Å². The molecule has 1 aliphatic rings. The maximum Gasteiger partial charge on any atom is 0.255 e. The summed E-state index contributed by atoms with van der Waals surface area (Å²) in [6.45, 7) is 1.19. The first-order chi connectivity index (χ1) is 11.3. The molecule has 2 rings (SSSR count). The molecular formula is C17H25N3O4. The molecule has 0 aliphatic carbocycles. The number of likely N-dealkylation sites (tertiary alicyclic amines) is 1. The Balaban J connectivity index is 2.07. The number of hydrogen-bond acceptors (Lipinski definition) is 5. The first kappa shape index (κ1) is 18.2. The van der Waals surface area contributed by atoms with Gasteiger partial charge in [-0.3, -0.25) is 9.59 Å². The lowest BCUT2D eigenvalue weighted by atomic mass is 9.92. The van der Waals surface area contributed by atoms with E-state index in [1.165, 1.54) is 0 Å². The van der Waals surface area contributed by atoms with Crippen LogP contribution in [0.2, 0.25) is 0 Å². The number of β-amino-alcohol motifs (C(OH)–C–C–N with tert-alkyl or cyclic N) is 1. The molecule has 132 valence electrons. The van der Waals surface area contributed by atoms with Gasteiger partial charge in [-0.15, -0.1) is 0 Å². The lowest BCUT2D eigenvalue weighted by molar-refractivity contribution is -0.119. The largest absolute Gasteiger partial charge is 0.484 e. The zero-order valence-electron chi connectivity index (χ0n) is 14.2. The molecule has 24 heavy (non-hydrogen) atoms. The predicted molar refractivity (Wildman–Crippen MR) is 89.8 cm³/mol. The molecule has 1 unspecified atom stereocenters. The first-order valence-corrected chi connectivity index (χ1v) is 7.97. The average Bonchev–Trinajstić information content (AvgIpc) is 2.51. The van der Waals surface area contributed by atoms with E-state index < -0.39 is 11.5 Å². The molecule has 2 amide bonds. The van der Waals surface area contributed by atoms with Crippen molar-refractivity contribution in [2.45, 2.75) is 18.4 Å². The summed E-state index contributed by atoms with van der Waals surface area (Å²) in [6, 6.07) is 6.64. The molecule has 1 aromatic carbocycles. The van der Waals surface area contributed by atoms with Crippen molar-refractivity contribution in [1.29, 1.82) is 0 Å². The zero-order valence-corrected chi connectivity index (χ0v) is 14.2. The number of hydrogen-bond donors (Lipinski definition) is 2. The van der Waals surface area contributed by atoms with Gasteiger partial charge in [0.1, 0.15) is 5.75 Å². The summed E-state index contributed by atoms with van der Waals surface area (Å²) in [5.41, 5.74) is 4.63. The number of amides is 2. The Hall–Kier alpha value is -2.12. The third kappa shape index (κ3) is 4.94. The van der Waals surface area contributed by atoms with Gasteiger partial charge < -0.3 is 25.4 Å². The summed E-state index contributed by atoms with van der Waals surface area (Å²) in [6.07, 6.45) is 1.44. The molecule has 7 nitrogen and oxygen atoms in total. The molecule has 7 heteroatoms. The van der Waals surface area contributed by atoms with E-state index >= 15 is 0 Å². The number of piperidine rings is 1. The lowest BCUT2D eigenvalue weighted by Crippen LogP contribution is -2.54. The highest BCUT2D eigenvalue weighted by Gasteiger charge is 2.35. The molecule has 1 heterocycles. The third-order valence-corrected chi connectivity index (χ3v) is 3.92. The number of nitrogens with zero attached hydrogens (tertiary/aromatic N) is 2. The second-order valence-electron chi connectivity index (χ2n) is 6.58. The molecule has 1 aromatic rings. The normalized spacial score (nSPS) is 20.9. The van der Waals surface area contributed by atoms with Gasteiger partial charge in [0.15, 0.2) is 6.61 Å². The minimum atomic E-state index is -0.891. The fourth-order valence-corrected chi connectivity index (χ4v) is 3.06. The second-order valence-corrected chi connectivity index (χ2v) is 6.58. The molecule has 0 saturated carbocycles. The van der Waals surface area contributed by atoms with Crippen molar-refractivity contribution < 1.29 is 19.4 Å². The number of benzene rings is 1. The van der Waals surface area contributed by atoms with Gasteiger partial charge in [-0.05, 0) is 45.1 Å². The molecule has 3 N–H and O–H groups in total. The summed E-state index contributed by atoms with van der Waals surface area (Å²) in [5.74, 6) is -0.312. The van der Waals surface area contributed by atoms with Crippen LogP contribution in [-0.2, 0) is 4.79 Å². The maximum atomic E-state index is 12.7. The summed E-state index contributed by atoms with van der Waals surface area (Å²) in [4.78, 5) is 27.1. The van der Waals surface area contributed by atoms with Crippen molar-refractivity contribution in [2.24, 2.45) is 5.73 Å². The molecule has 1 atom stereocenters. The standard InChI is InChI=1S/C17H25N3O4/c1-19(2)11-17(23)7-4-8-20(12-17)16(22)13-5-3-6-14(9-13)24-10-15(18)21/h3,5-6,9,23H,4,7-8,10-12H2,1-2H3,(H2,18,21). The van der Waals surface area contributed by atoms with Gasteiger partial charge in [0, 0.05) is 18.7 Å². The maximum absolute atomic E-state index is 12.7. The highest BCUT2D eigenvalue weighted by Crippen LogP contribution is 2.24. The van der Waals surface area contributed by atoms with E-state index in [1.807, 2.05) is 19.0 Å². The lowest BCUT2D eigenvalue weighted by Gasteiger charge is -2.40. The quantitative estimate of drug-likeness (QED) is 0.767. The van der Waals surface area contributed by atoms with Crippen molar-refractivity contribution in [3.63, 3.8) is 0 Å². The van der Waals surface area contributed by atoms with Crippen molar-refractivity contribution >= 4 is 11.8 Å². The third-order valence-electron chi connectivity index (χ3n) is 3.92. The predicted octanol–water partition coefficient (Wildman–Crippen LogP) is 0.0794. The van der Waals surface area contributed by atoms with Gasteiger partial charge in [0.2, 0.25) is 0 Å². The molecule has 1 saturated heterocycles. The summed E-state index contributed by atoms with van der Waals surface area (Å²) >= 11 is 0. The Morgan fingerprint density at radius 2 is 2.17 bits per heavy atom. The smallest absolute Gasteiger partial charge is 0.255 e. The van der Waals surface area contributed by atoms with Crippen LogP contribution in [0.25, 0.3) is 0 Å². The molecule has 0 bridgehead atoms. The van der Waals surface area contributed by atoms with Crippen molar-refractivity contribution in [1.82, 2.24) is 9.80 Å². The minimum Gasteiger partial charge on any atom is -0.484 e. The van der Waals surface area contributed by atoms with Crippen LogP contribution in [0.1, 0.15) is 23.2 Å². The van der Waals surface area contributed by atoms with Gasteiger partial charge >= 0.3 is 0 Å². The van der Waals surface area contributed by atoms with Crippen LogP contribution in [-0.4, -0.2) is 72.7 Å². The van der Waals surface area contributed by atoms with E-state index in [2.05, 4.69) is 0 Å². The molecule has 0 aromatic heterocycles. The zero-order chi connectivity index (χ0) is 17.7. The summed E-state index contributed by atoms with van der Waals surface area (Å²) < 4.78 is 5.24. The topological polar surface area (TPSA) is 96.1 Å².